The molecule has 0 saturated carbocycles. The average molecular weight is 293 g/mol. The number of para-hydroxylation sites is 1. The molecule has 1 aromatic carbocycles. The number of hydrogen-bond acceptors (Lipinski definition) is 5. The van der Waals surface area contributed by atoms with Crippen LogP contribution in [0.3, 0.4) is 0 Å². The zero-order chi connectivity index (χ0) is 15.8. The summed E-state index contributed by atoms with van der Waals surface area (Å²) in [5.74, 6) is -2.37. The molecule has 0 heterocycles. The summed E-state index contributed by atoms with van der Waals surface area (Å²) in [5, 5.41) is 12.9. The maximum absolute atomic E-state index is 12.1. The number of rotatable bonds is 8. The van der Waals surface area contributed by atoms with Crippen LogP contribution in [-0.2, 0) is 14.4 Å². The third kappa shape index (κ3) is 5.03. The highest BCUT2D eigenvalue weighted by atomic mass is 16.4. The second-order valence-corrected chi connectivity index (χ2v) is 4.15. The van der Waals surface area contributed by atoms with Gasteiger partial charge in [0.2, 0.25) is 12.3 Å². The molecule has 0 aromatic heterocycles. The summed E-state index contributed by atoms with van der Waals surface area (Å²) in [6.07, 6.45) is 0.134. The summed E-state index contributed by atoms with van der Waals surface area (Å²) in [5.41, 5.74) is 6.09. The molecule has 0 aliphatic rings. The van der Waals surface area contributed by atoms with Crippen LogP contribution in [0.1, 0.15) is 16.8 Å². The Bertz CT molecular complexity index is 558. The third-order valence-corrected chi connectivity index (χ3v) is 2.60. The van der Waals surface area contributed by atoms with Crippen molar-refractivity contribution >= 4 is 29.8 Å². The molecular weight excluding hydrogens is 278 g/mol. The van der Waals surface area contributed by atoms with Crippen molar-refractivity contribution in [1.29, 1.82) is 0 Å². The van der Waals surface area contributed by atoms with Crippen LogP contribution in [0.2, 0.25) is 0 Å². The van der Waals surface area contributed by atoms with Gasteiger partial charge in [0.15, 0.2) is 5.78 Å². The zero-order valence-corrected chi connectivity index (χ0v) is 11.0. The summed E-state index contributed by atoms with van der Waals surface area (Å²) in [4.78, 5) is 44.3. The van der Waals surface area contributed by atoms with Crippen LogP contribution in [-0.4, -0.2) is 41.8 Å². The lowest BCUT2D eigenvalue weighted by molar-refractivity contribution is -0.138. The number of ketones is 1. The Morgan fingerprint density at radius 1 is 1.29 bits per heavy atom. The van der Waals surface area contributed by atoms with Gasteiger partial charge in [-0.1, -0.05) is 12.1 Å². The van der Waals surface area contributed by atoms with Gasteiger partial charge in [-0.3, -0.25) is 19.2 Å². The topological polar surface area (TPSA) is 139 Å². The number of Topliss-reactive ketones (excluding diaryl/α,β-unsaturated/α-hetero) is 1. The number of nitrogens with two attached hydrogens (primary N) is 1. The van der Waals surface area contributed by atoms with Crippen LogP contribution in [0, 0.1) is 0 Å². The fourth-order valence-electron chi connectivity index (χ4n) is 1.61. The van der Waals surface area contributed by atoms with E-state index in [0.29, 0.717) is 12.1 Å². The van der Waals surface area contributed by atoms with Crippen LogP contribution in [0.15, 0.2) is 24.3 Å². The van der Waals surface area contributed by atoms with E-state index in [4.69, 9.17) is 10.8 Å². The van der Waals surface area contributed by atoms with Gasteiger partial charge in [0.25, 0.3) is 0 Å². The van der Waals surface area contributed by atoms with Crippen LogP contribution < -0.4 is 16.4 Å². The lowest BCUT2D eigenvalue weighted by Gasteiger charge is -2.12. The minimum absolute atomic E-state index is 0.228. The first-order chi connectivity index (χ1) is 9.95. The quantitative estimate of drug-likeness (QED) is 0.371. The maximum Gasteiger partial charge on any atom is 0.322 e. The lowest BCUT2D eigenvalue weighted by Crippen LogP contribution is -2.43. The van der Waals surface area contributed by atoms with E-state index in [0.717, 1.165) is 0 Å². The molecule has 0 fully saturated rings. The second-order valence-electron chi connectivity index (χ2n) is 4.15. The molecule has 8 nitrogen and oxygen atoms in total. The standard InChI is InChI=1S/C13H15N3O5/c14-9(13(21)15-6-12(19)20)5-11(18)8-3-1-2-4-10(8)16-7-17/h1-4,7,9H,5-6,14H2,(H,15,21)(H,16,17)(H,19,20). The van der Waals surface area contributed by atoms with Gasteiger partial charge >= 0.3 is 5.97 Å². The Morgan fingerprint density at radius 3 is 2.57 bits per heavy atom. The molecule has 0 saturated heterocycles. The minimum atomic E-state index is -1.21. The number of benzene rings is 1. The number of anilines is 1. The smallest absolute Gasteiger partial charge is 0.322 e. The average Bonchev–Trinajstić information content (AvgIpc) is 2.45. The van der Waals surface area contributed by atoms with Crippen molar-refractivity contribution < 1.29 is 24.3 Å². The number of carboxylic acids is 1. The molecule has 5 N–H and O–H groups in total. The number of nitrogens with one attached hydrogen (secondary N) is 2. The van der Waals surface area contributed by atoms with E-state index in [2.05, 4.69) is 10.6 Å². The maximum atomic E-state index is 12.1. The van der Waals surface area contributed by atoms with Gasteiger partial charge in [-0.15, -0.1) is 0 Å². The number of carbonyl (C=O) groups is 4. The van der Waals surface area contributed by atoms with E-state index in [1.165, 1.54) is 12.1 Å². The third-order valence-electron chi connectivity index (χ3n) is 2.60. The number of amides is 2. The molecule has 0 spiro atoms. The predicted octanol–water partition coefficient (Wildman–Crippen LogP) is -0.644. The molecule has 0 bridgehead atoms. The molecule has 2 amide bonds. The molecule has 8 heteroatoms. The van der Waals surface area contributed by atoms with Crippen LogP contribution in [0.5, 0.6) is 0 Å². The normalized spacial score (nSPS) is 11.3. The Morgan fingerprint density at radius 2 is 1.95 bits per heavy atom. The Balaban J connectivity index is 2.70. The first-order valence-corrected chi connectivity index (χ1v) is 6.03. The second kappa shape index (κ2) is 7.75. The molecule has 1 unspecified atom stereocenters. The van der Waals surface area contributed by atoms with Crippen molar-refractivity contribution in [3.8, 4) is 0 Å². The summed E-state index contributed by atoms with van der Waals surface area (Å²) >= 11 is 0. The van der Waals surface area contributed by atoms with E-state index >= 15 is 0 Å². The van der Waals surface area contributed by atoms with Gasteiger partial charge in [0, 0.05) is 12.0 Å². The monoisotopic (exact) mass is 293 g/mol. The summed E-state index contributed by atoms with van der Waals surface area (Å²) < 4.78 is 0. The molecule has 1 rings (SSSR count). The molecule has 0 radical (unpaired) electrons. The minimum Gasteiger partial charge on any atom is -0.480 e. The van der Waals surface area contributed by atoms with Crippen molar-refractivity contribution in [2.24, 2.45) is 5.73 Å². The first kappa shape index (κ1) is 16.3. The molecule has 1 atom stereocenters. The van der Waals surface area contributed by atoms with Gasteiger partial charge in [-0.05, 0) is 12.1 Å². The lowest BCUT2D eigenvalue weighted by atomic mass is 10.0. The summed E-state index contributed by atoms with van der Waals surface area (Å²) in [6, 6.07) is 5.12. The molecule has 0 aliphatic heterocycles. The Labute approximate surface area is 120 Å². The van der Waals surface area contributed by atoms with Crippen LogP contribution >= 0.6 is 0 Å². The number of carboxylic acid groups (broad SMARTS) is 1. The van der Waals surface area contributed by atoms with Crippen molar-refractivity contribution in [3.05, 3.63) is 29.8 Å². The predicted molar refractivity (Wildman–Crippen MR) is 73.7 cm³/mol. The molecule has 112 valence electrons. The van der Waals surface area contributed by atoms with Gasteiger partial charge < -0.3 is 21.5 Å². The molecule has 21 heavy (non-hydrogen) atoms. The zero-order valence-electron chi connectivity index (χ0n) is 11.0. The molecule has 0 aliphatic carbocycles. The van der Waals surface area contributed by atoms with Gasteiger partial charge in [0.1, 0.15) is 6.54 Å². The van der Waals surface area contributed by atoms with Crippen LogP contribution in [0.4, 0.5) is 5.69 Å². The molecule has 1 aromatic rings. The first-order valence-electron chi connectivity index (χ1n) is 6.03. The van der Waals surface area contributed by atoms with E-state index in [1.807, 2.05) is 0 Å². The van der Waals surface area contributed by atoms with E-state index < -0.39 is 30.2 Å². The highest BCUT2D eigenvalue weighted by Gasteiger charge is 2.20. The summed E-state index contributed by atoms with van der Waals surface area (Å²) in [7, 11) is 0. The summed E-state index contributed by atoms with van der Waals surface area (Å²) in [6.45, 7) is -0.565. The van der Waals surface area contributed by atoms with E-state index in [1.54, 1.807) is 12.1 Å². The largest absolute Gasteiger partial charge is 0.480 e. The van der Waals surface area contributed by atoms with Crippen molar-refractivity contribution in [2.45, 2.75) is 12.5 Å². The highest BCUT2D eigenvalue weighted by molar-refractivity contribution is 6.04. The number of carbonyl (C=O) groups excluding carboxylic acids is 3. The highest BCUT2D eigenvalue weighted by Crippen LogP contribution is 2.16. The Kier molecular flexibility index (Phi) is 6.02. The number of aliphatic carboxylic acids is 1. The van der Waals surface area contributed by atoms with Crippen molar-refractivity contribution in [1.82, 2.24) is 5.32 Å². The fraction of sp³-hybridized carbons (Fsp3) is 0.231. The van der Waals surface area contributed by atoms with Crippen molar-refractivity contribution in [2.75, 3.05) is 11.9 Å². The van der Waals surface area contributed by atoms with Crippen molar-refractivity contribution in [3.63, 3.8) is 0 Å². The van der Waals surface area contributed by atoms with Gasteiger partial charge in [0.05, 0.1) is 11.7 Å². The number of hydrogen-bond donors (Lipinski definition) is 4. The van der Waals surface area contributed by atoms with Crippen LogP contribution in [0.25, 0.3) is 0 Å². The van der Waals surface area contributed by atoms with E-state index in [-0.39, 0.29) is 12.0 Å². The van der Waals surface area contributed by atoms with E-state index in [9.17, 15) is 19.2 Å². The van der Waals surface area contributed by atoms with Gasteiger partial charge in [-0.25, -0.2) is 0 Å². The fourth-order valence-corrected chi connectivity index (χ4v) is 1.61. The SMILES string of the molecule is NC(CC(=O)c1ccccc1NC=O)C(=O)NCC(=O)O. The molecular formula is C13H15N3O5. The van der Waals surface area contributed by atoms with Gasteiger partial charge in [-0.2, -0.15) is 0 Å². The Hall–Kier alpha value is -2.74.